The first-order valence-corrected chi connectivity index (χ1v) is 7.12. The molecule has 1 aromatic carbocycles. The second-order valence-electron chi connectivity index (χ2n) is 4.64. The SMILES string of the molecule is CCOCC(NC(=O)c1ccc(Br)cc1O)C(C)C. The van der Waals surface area contributed by atoms with Gasteiger partial charge in [0.25, 0.3) is 5.91 Å². The van der Waals surface area contributed by atoms with E-state index in [0.717, 1.165) is 4.47 Å². The molecule has 5 heteroatoms. The van der Waals surface area contributed by atoms with Crippen LogP contribution in [0.25, 0.3) is 0 Å². The van der Waals surface area contributed by atoms with Crippen LogP contribution in [-0.2, 0) is 4.74 Å². The molecular weight excluding hydrogens is 310 g/mol. The number of nitrogens with one attached hydrogen (secondary N) is 1. The van der Waals surface area contributed by atoms with Crippen LogP contribution < -0.4 is 5.32 Å². The van der Waals surface area contributed by atoms with Crippen molar-refractivity contribution in [2.75, 3.05) is 13.2 Å². The number of hydrogen-bond donors (Lipinski definition) is 2. The van der Waals surface area contributed by atoms with Crippen molar-refractivity contribution in [2.24, 2.45) is 5.92 Å². The first-order chi connectivity index (χ1) is 8.95. The molecule has 19 heavy (non-hydrogen) atoms. The van der Waals surface area contributed by atoms with Crippen molar-refractivity contribution < 1.29 is 14.6 Å². The molecule has 1 amide bonds. The van der Waals surface area contributed by atoms with Gasteiger partial charge in [-0.2, -0.15) is 0 Å². The number of phenols is 1. The van der Waals surface area contributed by atoms with Crippen molar-refractivity contribution in [1.29, 1.82) is 0 Å². The van der Waals surface area contributed by atoms with E-state index in [1.807, 2.05) is 20.8 Å². The summed E-state index contributed by atoms with van der Waals surface area (Å²) in [7, 11) is 0. The highest BCUT2D eigenvalue weighted by molar-refractivity contribution is 9.10. The highest BCUT2D eigenvalue weighted by atomic mass is 79.9. The number of hydrogen-bond acceptors (Lipinski definition) is 3. The lowest BCUT2D eigenvalue weighted by molar-refractivity contribution is 0.0804. The molecule has 0 heterocycles. The molecule has 0 aliphatic carbocycles. The molecule has 0 radical (unpaired) electrons. The van der Waals surface area contributed by atoms with Gasteiger partial charge in [-0.25, -0.2) is 0 Å². The fourth-order valence-corrected chi connectivity index (χ4v) is 1.94. The van der Waals surface area contributed by atoms with E-state index in [2.05, 4.69) is 21.2 Å². The van der Waals surface area contributed by atoms with Gasteiger partial charge in [0.1, 0.15) is 5.75 Å². The number of benzene rings is 1. The number of halogens is 1. The third-order valence-electron chi connectivity index (χ3n) is 2.83. The topological polar surface area (TPSA) is 58.6 Å². The first kappa shape index (κ1) is 16.0. The number of amides is 1. The van der Waals surface area contributed by atoms with Crippen LogP contribution in [0.4, 0.5) is 0 Å². The second-order valence-corrected chi connectivity index (χ2v) is 5.56. The number of phenolic OH excluding ortho intramolecular Hbond substituents is 1. The highest BCUT2D eigenvalue weighted by Crippen LogP contribution is 2.22. The first-order valence-electron chi connectivity index (χ1n) is 6.32. The third-order valence-corrected chi connectivity index (χ3v) is 3.32. The maximum Gasteiger partial charge on any atom is 0.255 e. The minimum atomic E-state index is -0.289. The zero-order valence-corrected chi connectivity index (χ0v) is 13.0. The summed E-state index contributed by atoms with van der Waals surface area (Å²) in [5.41, 5.74) is 0.269. The Labute approximate surface area is 122 Å². The normalized spacial score (nSPS) is 12.5. The Hall–Kier alpha value is -1.07. The smallest absolute Gasteiger partial charge is 0.255 e. The predicted molar refractivity (Wildman–Crippen MR) is 78.4 cm³/mol. The Morgan fingerprint density at radius 2 is 2.16 bits per heavy atom. The van der Waals surface area contributed by atoms with Gasteiger partial charge < -0.3 is 15.2 Å². The summed E-state index contributed by atoms with van der Waals surface area (Å²) >= 11 is 3.24. The Kier molecular flexibility index (Phi) is 6.31. The van der Waals surface area contributed by atoms with Gasteiger partial charge in [-0.05, 0) is 31.0 Å². The summed E-state index contributed by atoms with van der Waals surface area (Å²) < 4.78 is 6.09. The molecular formula is C14H20BrNO3. The van der Waals surface area contributed by atoms with Gasteiger partial charge in [0, 0.05) is 11.1 Å². The maximum atomic E-state index is 12.1. The summed E-state index contributed by atoms with van der Waals surface area (Å²) in [6, 6.07) is 4.74. The summed E-state index contributed by atoms with van der Waals surface area (Å²) in [5, 5.41) is 12.7. The minimum absolute atomic E-state index is 0.0363. The van der Waals surface area contributed by atoms with Crippen molar-refractivity contribution in [1.82, 2.24) is 5.32 Å². The van der Waals surface area contributed by atoms with Crippen molar-refractivity contribution in [3.63, 3.8) is 0 Å². The molecule has 0 fully saturated rings. The van der Waals surface area contributed by atoms with Crippen LogP contribution in [0, 0.1) is 5.92 Å². The largest absolute Gasteiger partial charge is 0.507 e. The summed E-state index contributed by atoms with van der Waals surface area (Å²) in [4.78, 5) is 12.1. The molecule has 0 aliphatic heterocycles. The van der Waals surface area contributed by atoms with E-state index in [1.165, 1.54) is 6.07 Å². The van der Waals surface area contributed by atoms with E-state index in [4.69, 9.17) is 4.74 Å². The highest BCUT2D eigenvalue weighted by Gasteiger charge is 2.19. The predicted octanol–water partition coefficient (Wildman–Crippen LogP) is 2.95. The fraction of sp³-hybridized carbons (Fsp3) is 0.500. The lowest BCUT2D eigenvalue weighted by atomic mass is 10.0. The molecule has 1 aromatic rings. The zero-order chi connectivity index (χ0) is 14.4. The Bertz CT molecular complexity index is 435. The van der Waals surface area contributed by atoms with Gasteiger partial charge in [-0.3, -0.25) is 4.79 Å². The van der Waals surface area contributed by atoms with Gasteiger partial charge in [0.2, 0.25) is 0 Å². The van der Waals surface area contributed by atoms with E-state index in [-0.39, 0.29) is 29.2 Å². The molecule has 4 nitrogen and oxygen atoms in total. The zero-order valence-electron chi connectivity index (χ0n) is 11.4. The van der Waals surface area contributed by atoms with Crippen LogP contribution in [0.5, 0.6) is 5.75 Å². The van der Waals surface area contributed by atoms with Gasteiger partial charge in [0.05, 0.1) is 18.2 Å². The molecule has 1 atom stereocenters. The number of aromatic hydroxyl groups is 1. The third kappa shape index (κ3) is 4.84. The number of carbonyl (C=O) groups is 1. The van der Waals surface area contributed by atoms with Crippen molar-refractivity contribution in [3.05, 3.63) is 28.2 Å². The lowest BCUT2D eigenvalue weighted by Crippen LogP contribution is -2.41. The summed E-state index contributed by atoms with van der Waals surface area (Å²) in [6.45, 7) is 7.04. The average Bonchev–Trinajstić information content (AvgIpc) is 2.33. The lowest BCUT2D eigenvalue weighted by Gasteiger charge is -2.22. The van der Waals surface area contributed by atoms with Gasteiger partial charge in [0.15, 0.2) is 0 Å². The monoisotopic (exact) mass is 329 g/mol. The fourth-order valence-electron chi connectivity index (χ4n) is 1.59. The summed E-state index contributed by atoms with van der Waals surface area (Å²) in [6.07, 6.45) is 0. The van der Waals surface area contributed by atoms with Crippen LogP contribution in [0.15, 0.2) is 22.7 Å². The Morgan fingerprint density at radius 3 is 2.68 bits per heavy atom. The molecule has 1 unspecified atom stereocenters. The van der Waals surface area contributed by atoms with E-state index in [9.17, 15) is 9.90 Å². The Morgan fingerprint density at radius 1 is 1.47 bits per heavy atom. The van der Waals surface area contributed by atoms with Gasteiger partial charge in [-0.15, -0.1) is 0 Å². The van der Waals surface area contributed by atoms with Crippen LogP contribution in [0.1, 0.15) is 31.1 Å². The Balaban J connectivity index is 2.76. The molecule has 106 valence electrons. The maximum absolute atomic E-state index is 12.1. The van der Waals surface area contributed by atoms with Crippen molar-refractivity contribution in [2.45, 2.75) is 26.8 Å². The van der Waals surface area contributed by atoms with E-state index < -0.39 is 0 Å². The van der Waals surface area contributed by atoms with Crippen LogP contribution in [0.2, 0.25) is 0 Å². The van der Waals surface area contributed by atoms with Crippen molar-refractivity contribution in [3.8, 4) is 5.75 Å². The standard InChI is InChI=1S/C14H20BrNO3/c1-4-19-8-12(9(2)3)16-14(18)11-6-5-10(15)7-13(11)17/h5-7,9,12,17H,4,8H2,1-3H3,(H,16,18). The molecule has 0 aromatic heterocycles. The molecule has 0 spiro atoms. The van der Waals surface area contributed by atoms with Crippen molar-refractivity contribution >= 4 is 21.8 Å². The molecule has 0 aliphatic rings. The second kappa shape index (κ2) is 7.50. The molecule has 0 saturated heterocycles. The number of carbonyl (C=O) groups excluding carboxylic acids is 1. The molecule has 2 N–H and O–H groups in total. The molecule has 0 saturated carbocycles. The quantitative estimate of drug-likeness (QED) is 0.843. The van der Waals surface area contributed by atoms with E-state index in [1.54, 1.807) is 12.1 Å². The van der Waals surface area contributed by atoms with E-state index >= 15 is 0 Å². The average molecular weight is 330 g/mol. The van der Waals surface area contributed by atoms with E-state index in [0.29, 0.717) is 13.2 Å². The minimum Gasteiger partial charge on any atom is -0.507 e. The van der Waals surface area contributed by atoms with Crippen LogP contribution in [0.3, 0.4) is 0 Å². The van der Waals surface area contributed by atoms with Gasteiger partial charge in [-0.1, -0.05) is 29.8 Å². The van der Waals surface area contributed by atoms with Gasteiger partial charge >= 0.3 is 0 Å². The van der Waals surface area contributed by atoms with Crippen LogP contribution >= 0.6 is 15.9 Å². The number of rotatable bonds is 6. The molecule has 1 rings (SSSR count). The van der Waals surface area contributed by atoms with Crippen LogP contribution in [-0.4, -0.2) is 30.3 Å². The number of ether oxygens (including phenoxy) is 1. The molecule has 0 bridgehead atoms. The summed E-state index contributed by atoms with van der Waals surface area (Å²) in [5.74, 6) is -0.0673.